The summed E-state index contributed by atoms with van der Waals surface area (Å²) in [6.45, 7) is 2.46. The standard InChI is InChI=1S/C14H19NO2/c1-2-4-14(17-13-7-8-16-10-13)11(3-1)9-15-12-5-6-12/h1-4,12-13,15H,5-10H2. The second kappa shape index (κ2) is 5.07. The fraction of sp³-hybridized carbons (Fsp3) is 0.571. The molecule has 1 unspecified atom stereocenters. The highest BCUT2D eigenvalue weighted by molar-refractivity contribution is 5.33. The molecule has 1 aliphatic carbocycles. The maximum Gasteiger partial charge on any atom is 0.124 e. The zero-order valence-corrected chi connectivity index (χ0v) is 10.0. The van der Waals surface area contributed by atoms with Crippen LogP contribution < -0.4 is 10.1 Å². The molecule has 0 spiro atoms. The first-order valence-corrected chi connectivity index (χ1v) is 6.47. The van der Waals surface area contributed by atoms with E-state index in [1.54, 1.807) is 0 Å². The van der Waals surface area contributed by atoms with Crippen LogP contribution in [0.5, 0.6) is 5.75 Å². The summed E-state index contributed by atoms with van der Waals surface area (Å²) in [7, 11) is 0. The topological polar surface area (TPSA) is 30.5 Å². The predicted molar refractivity (Wildman–Crippen MR) is 66.2 cm³/mol. The molecule has 1 aliphatic heterocycles. The number of nitrogens with one attached hydrogen (secondary N) is 1. The third-order valence-electron chi connectivity index (χ3n) is 3.31. The van der Waals surface area contributed by atoms with E-state index in [1.165, 1.54) is 18.4 Å². The summed E-state index contributed by atoms with van der Waals surface area (Å²) in [6.07, 6.45) is 3.88. The van der Waals surface area contributed by atoms with E-state index in [0.717, 1.165) is 38.0 Å². The molecule has 1 saturated heterocycles. The third kappa shape index (κ3) is 2.99. The fourth-order valence-corrected chi connectivity index (χ4v) is 2.09. The van der Waals surface area contributed by atoms with Crippen LogP contribution in [-0.2, 0) is 11.3 Å². The van der Waals surface area contributed by atoms with E-state index < -0.39 is 0 Å². The lowest BCUT2D eigenvalue weighted by Gasteiger charge is -2.15. The maximum atomic E-state index is 5.99. The molecule has 1 heterocycles. The second-order valence-electron chi connectivity index (χ2n) is 4.87. The lowest BCUT2D eigenvalue weighted by Crippen LogP contribution is -2.19. The lowest BCUT2D eigenvalue weighted by molar-refractivity contribution is 0.140. The first-order chi connectivity index (χ1) is 8.42. The average Bonchev–Trinajstić information content (AvgIpc) is 3.05. The molecule has 3 heteroatoms. The highest BCUT2D eigenvalue weighted by Crippen LogP contribution is 2.24. The van der Waals surface area contributed by atoms with E-state index in [-0.39, 0.29) is 6.10 Å². The minimum absolute atomic E-state index is 0.233. The molecule has 1 saturated carbocycles. The number of rotatable bonds is 5. The van der Waals surface area contributed by atoms with Gasteiger partial charge in [0.05, 0.1) is 13.2 Å². The van der Waals surface area contributed by atoms with Crippen molar-refractivity contribution in [3.63, 3.8) is 0 Å². The molecule has 1 atom stereocenters. The highest BCUT2D eigenvalue weighted by Gasteiger charge is 2.21. The summed E-state index contributed by atoms with van der Waals surface area (Å²) >= 11 is 0. The van der Waals surface area contributed by atoms with Gasteiger partial charge in [0.1, 0.15) is 11.9 Å². The summed E-state index contributed by atoms with van der Waals surface area (Å²) < 4.78 is 11.3. The Kier molecular flexibility index (Phi) is 3.29. The fourth-order valence-electron chi connectivity index (χ4n) is 2.09. The lowest BCUT2D eigenvalue weighted by atomic mass is 10.2. The Morgan fingerprint density at radius 1 is 1.24 bits per heavy atom. The molecule has 3 rings (SSSR count). The molecule has 1 N–H and O–H groups in total. The second-order valence-corrected chi connectivity index (χ2v) is 4.87. The van der Waals surface area contributed by atoms with Crippen LogP contribution in [-0.4, -0.2) is 25.4 Å². The van der Waals surface area contributed by atoms with Gasteiger partial charge in [0.2, 0.25) is 0 Å². The molecule has 0 amide bonds. The van der Waals surface area contributed by atoms with Crippen molar-refractivity contribution < 1.29 is 9.47 Å². The van der Waals surface area contributed by atoms with Crippen LogP contribution in [0.15, 0.2) is 24.3 Å². The van der Waals surface area contributed by atoms with Crippen LogP contribution in [0.1, 0.15) is 24.8 Å². The number of hydrogen-bond donors (Lipinski definition) is 1. The van der Waals surface area contributed by atoms with Crippen LogP contribution in [0.4, 0.5) is 0 Å². The van der Waals surface area contributed by atoms with E-state index in [9.17, 15) is 0 Å². The van der Waals surface area contributed by atoms with Crippen LogP contribution >= 0.6 is 0 Å². The van der Waals surface area contributed by atoms with E-state index in [2.05, 4.69) is 23.5 Å². The molecule has 0 bridgehead atoms. The van der Waals surface area contributed by atoms with Gasteiger partial charge < -0.3 is 14.8 Å². The molecule has 3 nitrogen and oxygen atoms in total. The van der Waals surface area contributed by atoms with Gasteiger partial charge in [0.15, 0.2) is 0 Å². The van der Waals surface area contributed by atoms with Gasteiger partial charge in [0, 0.05) is 24.6 Å². The van der Waals surface area contributed by atoms with Crippen LogP contribution in [0.3, 0.4) is 0 Å². The van der Waals surface area contributed by atoms with Gasteiger partial charge in [-0.3, -0.25) is 0 Å². The normalized spacial score (nSPS) is 23.9. The van der Waals surface area contributed by atoms with Crippen molar-refractivity contribution in [2.45, 2.75) is 38.0 Å². The molecule has 0 aromatic heterocycles. The van der Waals surface area contributed by atoms with Gasteiger partial charge in [-0.25, -0.2) is 0 Å². The van der Waals surface area contributed by atoms with Crippen molar-refractivity contribution in [3.05, 3.63) is 29.8 Å². The van der Waals surface area contributed by atoms with Gasteiger partial charge in [-0.2, -0.15) is 0 Å². The van der Waals surface area contributed by atoms with E-state index in [4.69, 9.17) is 9.47 Å². The van der Waals surface area contributed by atoms with Gasteiger partial charge in [-0.05, 0) is 18.9 Å². The van der Waals surface area contributed by atoms with Gasteiger partial charge in [0.25, 0.3) is 0 Å². The van der Waals surface area contributed by atoms with Crippen molar-refractivity contribution in [3.8, 4) is 5.75 Å². The minimum Gasteiger partial charge on any atom is -0.488 e. The van der Waals surface area contributed by atoms with E-state index in [0.29, 0.717) is 0 Å². The van der Waals surface area contributed by atoms with Crippen LogP contribution in [0, 0.1) is 0 Å². The van der Waals surface area contributed by atoms with Crippen molar-refractivity contribution in [1.29, 1.82) is 0 Å². The number of ether oxygens (including phenoxy) is 2. The molecule has 0 radical (unpaired) electrons. The van der Waals surface area contributed by atoms with E-state index in [1.807, 2.05) is 6.07 Å². The van der Waals surface area contributed by atoms with Crippen LogP contribution in [0.2, 0.25) is 0 Å². The molecule has 1 aromatic rings. The summed E-state index contributed by atoms with van der Waals surface area (Å²) in [6, 6.07) is 9.04. The molecule has 1 aromatic carbocycles. The smallest absolute Gasteiger partial charge is 0.124 e. The average molecular weight is 233 g/mol. The number of para-hydroxylation sites is 1. The Bertz CT molecular complexity index is 370. The first kappa shape index (κ1) is 11.1. The van der Waals surface area contributed by atoms with Gasteiger partial charge in [-0.1, -0.05) is 18.2 Å². The summed E-state index contributed by atoms with van der Waals surface area (Å²) in [5, 5.41) is 3.53. The molecule has 17 heavy (non-hydrogen) atoms. The SMILES string of the molecule is c1ccc(OC2CCOC2)c(CNC2CC2)c1. The molecule has 92 valence electrons. The highest BCUT2D eigenvalue weighted by atomic mass is 16.5. The van der Waals surface area contributed by atoms with Crippen molar-refractivity contribution in [2.24, 2.45) is 0 Å². The summed E-state index contributed by atoms with van der Waals surface area (Å²) in [5.74, 6) is 1.01. The summed E-state index contributed by atoms with van der Waals surface area (Å²) in [4.78, 5) is 0. The molecular weight excluding hydrogens is 214 g/mol. The zero-order valence-electron chi connectivity index (χ0n) is 10.0. The van der Waals surface area contributed by atoms with Crippen LogP contribution in [0.25, 0.3) is 0 Å². The molecular formula is C14H19NO2. The Balaban J connectivity index is 1.63. The quantitative estimate of drug-likeness (QED) is 0.845. The largest absolute Gasteiger partial charge is 0.488 e. The Morgan fingerprint density at radius 3 is 2.88 bits per heavy atom. The van der Waals surface area contributed by atoms with Crippen molar-refractivity contribution in [2.75, 3.05) is 13.2 Å². The van der Waals surface area contributed by atoms with E-state index >= 15 is 0 Å². The molecule has 2 fully saturated rings. The predicted octanol–water partition coefficient (Wildman–Crippen LogP) is 2.11. The Hall–Kier alpha value is -1.06. The summed E-state index contributed by atoms with van der Waals surface area (Å²) in [5.41, 5.74) is 1.26. The van der Waals surface area contributed by atoms with Gasteiger partial charge >= 0.3 is 0 Å². The Morgan fingerprint density at radius 2 is 2.12 bits per heavy atom. The number of hydrogen-bond acceptors (Lipinski definition) is 3. The minimum atomic E-state index is 0.233. The number of benzene rings is 1. The van der Waals surface area contributed by atoms with Crippen molar-refractivity contribution in [1.82, 2.24) is 5.32 Å². The first-order valence-electron chi connectivity index (χ1n) is 6.47. The van der Waals surface area contributed by atoms with Crippen molar-refractivity contribution >= 4 is 0 Å². The monoisotopic (exact) mass is 233 g/mol. The Labute approximate surface area is 102 Å². The zero-order chi connectivity index (χ0) is 11.5. The van der Waals surface area contributed by atoms with Gasteiger partial charge in [-0.15, -0.1) is 0 Å². The maximum absolute atomic E-state index is 5.99. The molecule has 2 aliphatic rings. The third-order valence-corrected chi connectivity index (χ3v) is 3.31.